The molecule has 4 N–H and O–H groups in total. The third-order valence-electron chi connectivity index (χ3n) is 3.13. The molecule has 1 aliphatic rings. The van der Waals surface area contributed by atoms with Gasteiger partial charge in [-0.2, -0.15) is 0 Å². The molecule has 0 saturated heterocycles. The largest absolute Gasteiger partial charge is 0.497 e. The Morgan fingerprint density at radius 3 is 2.50 bits per heavy atom. The van der Waals surface area contributed by atoms with Crippen molar-refractivity contribution in [1.82, 2.24) is 5.43 Å². The Hall–Kier alpha value is -1.75. The quantitative estimate of drug-likeness (QED) is 0.330. The summed E-state index contributed by atoms with van der Waals surface area (Å²) >= 11 is 0. The maximum Gasteiger partial charge on any atom is 0.210 e. The van der Waals surface area contributed by atoms with Crippen LogP contribution in [0.1, 0.15) is 25.7 Å². The molecule has 2 rings (SSSR count). The highest BCUT2D eigenvalue weighted by Crippen LogP contribution is 2.21. The van der Waals surface area contributed by atoms with Crippen molar-refractivity contribution in [3.05, 3.63) is 24.3 Å². The van der Waals surface area contributed by atoms with Crippen molar-refractivity contribution in [2.75, 3.05) is 12.4 Å². The molecule has 18 heavy (non-hydrogen) atoms. The van der Waals surface area contributed by atoms with Crippen molar-refractivity contribution in [1.29, 1.82) is 0 Å². The lowest BCUT2D eigenvalue weighted by molar-refractivity contribution is 0.415. The van der Waals surface area contributed by atoms with Gasteiger partial charge in [-0.05, 0) is 37.1 Å². The number of methoxy groups -OCH3 is 1. The second kappa shape index (κ2) is 6.26. The summed E-state index contributed by atoms with van der Waals surface area (Å²) in [5, 5.41) is 3.17. The summed E-state index contributed by atoms with van der Waals surface area (Å²) in [5.41, 5.74) is 3.55. The number of anilines is 1. The molecule has 1 fully saturated rings. The number of nitrogens with one attached hydrogen (secondary N) is 2. The first kappa shape index (κ1) is 12.7. The van der Waals surface area contributed by atoms with Gasteiger partial charge in [-0.3, -0.25) is 5.43 Å². The lowest BCUT2D eigenvalue weighted by atomic mass is 10.3. The molecule has 0 bridgehead atoms. The van der Waals surface area contributed by atoms with Crippen molar-refractivity contribution < 1.29 is 4.74 Å². The molecule has 0 aromatic heterocycles. The summed E-state index contributed by atoms with van der Waals surface area (Å²) in [5.74, 6) is 6.93. The van der Waals surface area contributed by atoms with Crippen LogP contribution in [0.3, 0.4) is 0 Å². The van der Waals surface area contributed by atoms with Crippen molar-refractivity contribution in [3.63, 3.8) is 0 Å². The van der Waals surface area contributed by atoms with E-state index in [0.29, 0.717) is 12.0 Å². The van der Waals surface area contributed by atoms with Gasteiger partial charge in [0.05, 0.1) is 13.2 Å². The number of benzene rings is 1. The van der Waals surface area contributed by atoms with Crippen LogP contribution in [-0.4, -0.2) is 19.1 Å². The summed E-state index contributed by atoms with van der Waals surface area (Å²) in [4.78, 5) is 4.57. The molecular weight excluding hydrogens is 228 g/mol. The lowest BCUT2D eigenvalue weighted by Gasteiger charge is -2.12. The van der Waals surface area contributed by atoms with Gasteiger partial charge in [0.1, 0.15) is 5.75 Å². The van der Waals surface area contributed by atoms with Crippen LogP contribution >= 0.6 is 0 Å². The lowest BCUT2D eigenvalue weighted by Crippen LogP contribution is -2.37. The molecule has 0 spiro atoms. The van der Waals surface area contributed by atoms with Crippen LogP contribution in [0.2, 0.25) is 0 Å². The molecule has 1 aromatic carbocycles. The molecule has 0 radical (unpaired) electrons. The SMILES string of the molecule is COc1ccc(NC(=NC2CCCC2)NN)cc1. The number of guanidine groups is 1. The van der Waals surface area contributed by atoms with E-state index in [1.54, 1.807) is 7.11 Å². The summed E-state index contributed by atoms with van der Waals surface area (Å²) in [6, 6.07) is 8.04. The Kier molecular flexibility index (Phi) is 4.41. The smallest absolute Gasteiger partial charge is 0.210 e. The second-order valence-corrected chi connectivity index (χ2v) is 4.41. The fraction of sp³-hybridized carbons (Fsp3) is 0.462. The van der Waals surface area contributed by atoms with Crippen molar-refractivity contribution in [2.45, 2.75) is 31.7 Å². The van der Waals surface area contributed by atoms with Crippen LogP contribution in [0.4, 0.5) is 5.69 Å². The summed E-state index contributed by atoms with van der Waals surface area (Å²) in [6.45, 7) is 0. The minimum atomic E-state index is 0.391. The maximum atomic E-state index is 5.49. The zero-order valence-electron chi connectivity index (χ0n) is 10.6. The average molecular weight is 248 g/mol. The fourth-order valence-electron chi connectivity index (χ4n) is 2.13. The number of nitrogens with zero attached hydrogens (tertiary/aromatic N) is 1. The summed E-state index contributed by atoms with van der Waals surface area (Å²) in [6.07, 6.45) is 4.81. The van der Waals surface area contributed by atoms with Gasteiger partial charge >= 0.3 is 0 Å². The highest BCUT2D eigenvalue weighted by atomic mass is 16.5. The fourth-order valence-corrected chi connectivity index (χ4v) is 2.13. The number of rotatable bonds is 3. The number of hydrogen-bond acceptors (Lipinski definition) is 3. The first-order chi connectivity index (χ1) is 8.81. The molecule has 1 aromatic rings. The van der Waals surface area contributed by atoms with Crippen molar-refractivity contribution in [3.8, 4) is 5.75 Å². The van der Waals surface area contributed by atoms with Gasteiger partial charge in [0.2, 0.25) is 5.96 Å². The molecule has 0 atom stereocenters. The van der Waals surface area contributed by atoms with E-state index in [1.807, 2.05) is 24.3 Å². The van der Waals surface area contributed by atoms with Gasteiger partial charge in [-0.1, -0.05) is 12.8 Å². The number of nitrogens with two attached hydrogens (primary N) is 1. The van der Waals surface area contributed by atoms with E-state index < -0.39 is 0 Å². The average Bonchev–Trinajstić information content (AvgIpc) is 2.91. The number of hydrazine groups is 1. The Morgan fingerprint density at radius 1 is 1.28 bits per heavy atom. The molecule has 98 valence electrons. The van der Waals surface area contributed by atoms with E-state index >= 15 is 0 Å². The summed E-state index contributed by atoms with van der Waals surface area (Å²) < 4.78 is 5.11. The molecule has 1 aliphatic carbocycles. The maximum absolute atomic E-state index is 5.49. The monoisotopic (exact) mass is 248 g/mol. The van der Waals surface area contributed by atoms with E-state index in [-0.39, 0.29) is 0 Å². The zero-order chi connectivity index (χ0) is 12.8. The molecule has 5 heteroatoms. The van der Waals surface area contributed by atoms with Crippen LogP contribution in [0.25, 0.3) is 0 Å². The highest BCUT2D eigenvalue weighted by molar-refractivity contribution is 5.93. The molecular formula is C13H20N4O. The summed E-state index contributed by atoms with van der Waals surface area (Å²) in [7, 11) is 1.65. The molecule has 0 aliphatic heterocycles. The van der Waals surface area contributed by atoms with Crippen LogP contribution in [0.15, 0.2) is 29.3 Å². The zero-order valence-corrected chi connectivity index (χ0v) is 10.6. The third kappa shape index (κ3) is 3.37. The van der Waals surface area contributed by atoms with Crippen LogP contribution in [0, 0.1) is 0 Å². The Labute approximate surface area is 107 Å². The second-order valence-electron chi connectivity index (χ2n) is 4.41. The van der Waals surface area contributed by atoms with E-state index in [0.717, 1.165) is 24.3 Å². The number of aliphatic imine (C=N–C) groups is 1. The molecule has 1 saturated carbocycles. The van der Waals surface area contributed by atoms with Gasteiger partial charge in [0.15, 0.2) is 0 Å². The Balaban J connectivity index is 2.00. The van der Waals surface area contributed by atoms with Crippen molar-refractivity contribution in [2.24, 2.45) is 10.8 Å². The molecule has 0 unspecified atom stereocenters. The third-order valence-corrected chi connectivity index (χ3v) is 3.13. The Bertz CT molecular complexity index is 396. The van der Waals surface area contributed by atoms with E-state index in [2.05, 4.69) is 15.7 Å². The first-order valence-corrected chi connectivity index (χ1v) is 6.27. The number of hydrogen-bond donors (Lipinski definition) is 3. The van der Waals surface area contributed by atoms with Gasteiger partial charge in [0, 0.05) is 5.69 Å². The van der Waals surface area contributed by atoms with Crippen LogP contribution in [0.5, 0.6) is 5.75 Å². The normalized spacial score (nSPS) is 16.7. The van der Waals surface area contributed by atoms with Gasteiger partial charge < -0.3 is 10.1 Å². The van der Waals surface area contributed by atoms with Crippen molar-refractivity contribution >= 4 is 11.6 Å². The first-order valence-electron chi connectivity index (χ1n) is 6.27. The minimum Gasteiger partial charge on any atom is -0.497 e. The van der Waals surface area contributed by atoms with E-state index in [1.165, 1.54) is 12.8 Å². The van der Waals surface area contributed by atoms with Gasteiger partial charge in [-0.15, -0.1) is 0 Å². The van der Waals surface area contributed by atoms with Crippen LogP contribution in [-0.2, 0) is 0 Å². The topological polar surface area (TPSA) is 71.7 Å². The van der Waals surface area contributed by atoms with E-state index in [4.69, 9.17) is 10.6 Å². The van der Waals surface area contributed by atoms with Gasteiger partial charge in [0.25, 0.3) is 0 Å². The minimum absolute atomic E-state index is 0.391. The molecule has 0 amide bonds. The Morgan fingerprint density at radius 2 is 1.94 bits per heavy atom. The predicted octanol–water partition coefficient (Wildman–Crippen LogP) is 1.87. The van der Waals surface area contributed by atoms with E-state index in [9.17, 15) is 0 Å². The highest BCUT2D eigenvalue weighted by Gasteiger charge is 2.14. The molecule has 0 heterocycles. The molecule has 5 nitrogen and oxygen atoms in total. The standard InChI is InChI=1S/C13H20N4O/c1-18-12-8-6-11(7-9-12)16-13(17-14)15-10-4-2-3-5-10/h6-10H,2-5,14H2,1H3,(H2,15,16,17). The predicted molar refractivity (Wildman–Crippen MR) is 73.6 cm³/mol. The number of ether oxygens (including phenoxy) is 1. The van der Waals surface area contributed by atoms with Crippen LogP contribution < -0.4 is 21.3 Å². The van der Waals surface area contributed by atoms with Gasteiger partial charge in [-0.25, -0.2) is 10.8 Å².